The van der Waals surface area contributed by atoms with Crippen LogP contribution in [0.3, 0.4) is 0 Å². The number of hydrogen-bond donors (Lipinski definition) is 1. The number of ether oxygens (including phenoxy) is 2. The molecule has 1 aliphatic heterocycles. The van der Waals surface area contributed by atoms with Crippen molar-refractivity contribution in [3.05, 3.63) is 18.1 Å². The predicted molar refractivity (Wildman–Crippen MR) is 68.5 cm³/mol. The minimum absolute atomic E-state index is 0.197. The number of hydrogen-bond acceptors (Lipinski definition) is 5. The van der Waals surface area contributed by atoms with E-state index in [1.165, 1.54) is 0 Å². The third-order valence-corrected chi connectivity index (χ3v) is 3.34. The SMILES string of the molecule is CCNC(c1nccnc1OC)C1CCOCC1. The van der Waals surface area contributed by atoms with Gasteiger partial charge in [0, 0.05) is 25.6 Å². The van der Waals surface area contributed by atoms with Crippen molar-refractivity contribution in [2.75, 3.05) is 26.9 Å². The van der Waals surface area contributed by atoms with Crippen molar-refractivity contribution in [3.63, 3.8) is 0 Å². The first-order chi connectivity index (χ1) is 8.86. The molecular formula is C13H21N3O2. The predicted octanol–water partition coefficient (Wildman–Crippen LogP) is 1.56. The lowest BCUT2D eigenvalue weighted by Gasteiger charge is -2.30. The summed E-state index contributed by atoms with van der Waals surface area (Å²) < 4.78 is 10.7. The normalized spacial score (nSPS) is 18.6. The van der Waals surface area contributed by atoms with Gasteiger partial charge in [-0.3, -0.25) is 4.98 Å². The summed E-state index contributed by atoms with van der Waals surface area (Å²) in [4.78, 5) is 8.69. The molecule has 1 aromatic rings. The summed E-state index contributed by atoms with van der Waals surface area (Å²) in [7, 11) is 1.64. The zero-order valence-electron chi connectivity index (χ0n) is 11.1. The van der Waals surface area contributed by atoms with Crippen LogP contribution in [0.4, 0.5) is 0 Å². The fourth-order valence-corrected chi connectivity index (χ4v) is 2.46. The second-order valence-electron chi connectivity index (χ2n) is 4.44. The van der Waals surface area contributed by atoms with E-state index in [1.807, 2.05) is 0 Å². The highest BCUT2D eigenvalue weighted by molar-refractivity contribution is 5.22. The molecule has 0 bridgehead atoms. The molecule has 0 aromatic carbocycles. The van der Waals surface area contributed by atoms with Gasteiger partial charge < -0.3 is 14.8 Å². The number of nitrogens with zero attached hydrogens (tertiary/aromatic N) is 2. The highest BCUT2D eigenvalue weighted by atomic mass is 16.5. The molecule has 5 heteroatoms. The largest absolute Gasteiger partial charge is 0.480 e. The van der Waals surface area contributed by atoms with E-state index < -0.39 is 0 Å². The molecule has 1 aliphatic rings. The molecule has 1 atom stereocenters. The molecule has 1 unspecified atom stereocenters. The molecule has 1 N–H and O–H groups in total. The van der Waals surface area contributed by atoms with Gasteiger partial charge in [-0.2, -0.15) is 0 Å². The van der Waals surface area contributed by atoms with Gasteiger partial charge in [0.25, 0.3) is 0 Å². The Bertz CT molecular complexity index is 367. The van der Waals surface area contributed by atoms with Crippen LogP contribution in [0, 0.1) is 5.92 Å². The van der Waals surface area contributed by atoms with E-state index in [9.17, 15) is 0 Å². The lowest BCUT2D eigenvalue weighted by atomic mass is 9.89. The van der Waals surface area contributed by atoms with Gasteiger partial charge in [-0.25, -0.2) is 4.98 Å². The van der Waals surface area contributed by atoms with E-state index in [2.05, 4.69) is 22.2 Å². The number of aromatic nitrogens is 2. The zero-order valence-corrected chi connectivity index (χ0v) is 11.1. The maximum Gasteiger partial charge on any atom is 0.237 e. The molecule has 1 aromatic heterocycles. The molecule has 1 fully saturated rings. The monoisotopic (exact) mass is 251 g/mol. The highest BCUT2D eigenvalue weighted by Gasteiger charge is 2.28. The lowest BCUT2D eigenvalue weighted by molar-refractivity contribution is 0.0528. The quantitative estimate of drug-likeness (QED) is 0.860. The Hall–Kier alpha value is -1.20. The average molecular weight is 251 g/mol. The molecule has 100 valence electrons. The molecule has 0 radical (unpaired) electrons. The Morgan fingerprint density at radius 3 is 2.78 bits per heavy atom. The minimum atomic E-state index is 0.197. The van der Waals surface area contributed by atoms with Crippen LogP contribution < -0.4 is 10.1 Å². The smallest absolute Gasteiger partial charge is 0.237 e. The standard InChI is InChI=1S/C13H21N3O2/c1-3-14-11(10-4-8-18-9-5-10)12-13(17-2)16-7-6-15-12/h6-7,10-11,14H,3-5,8-9H2,1-2H3. The van der Waals surface area contributed by atoms with E-state index in [1.54, 1.807) is 19.5 Å². The fraction of sp³-hybridized carbons (Fsp3) is 0.692. The molecule has 18 heavy (non-hydrogen) atoms. The molecule has 0 amide bonds. The average Bonchev–Trinajstić information content (AvgIpc) is 2.46. The topological polar surface area (TPSA) is 56.3 Å². The van der Waals surface area contributed by atoms with Gasteiger partial charge in [0.15, 0.2) is 0 Å². The Morgan fingerprint density at radius 1 is 1.39 bits per heavy atom. The van der Waals surface area contributed by atoms with Gasteiger partial charge in [-0.15, -0.1) is 0 Å². The molecule has 0 aliphatic carbocycles. The molecule has 1 saturated heterocycles. The highest BCUT2D eigenvalue weighted by Crippen LogP contribution is 2.32. The van der Waals surface area contributed by atoms with E-state index >= 15 is 0 Å². The molecule has 0 saturated carbocycles. The summed E-state index contributed by atoms with van der Waals surface area (Å²) in [5.41, 5.74) is 0.911. The van der Waals surface area contributed by atoms with Crippen molar-refractivity contribution in [2.45, 2.75) is 25.8 Å². The third-order valence-electron chi connectivity index (χ3n) is 3.34. The van der Waals surface area contributed by atoms with Gasteiger partial charge in [0.1, 0.15) is 5.69 Å². The first-order valence-corrected chi connectivity index (χ1v) is 6.52. The fourth-order valence-electron chi connectivity index (χ4n) is 2.46. The summed E-state index contributed by atoms with van der Waals surface area (Å²) >= 11 is 0. The Kier molecular flexibility index (Phi) is 4.90. The van der Waals surface area contributed by atoms with Gasteiger partial charge >= 0.3 is 0 Å². The Labute approximate surface area is 108 Å². The minimum Gasteiger partial charge on any atom is -0.480 e. The maximum absolute atomic E-state index is 5.43. The Balaban J connectivity index is 2.22. The van der Waals surface area contributed by atoms with E-state index in [0.717, 1.165) is 38.3 Å². The Morgan fingerprint density at radius 2 is 2.11 bits per heavy atom. The van der Waals surface area contributed by atoms with Gasteiger partial charge in [-0.1, -0.05) is 6.92 Å². The lowest BCUT2D eigenvalue weighted by Crippen LogP contribution is -2.33. The number of rotatable bonds is 5. The van der Waals surface area contributed by atoms with E-state index in [0.29, 0.717) is 11.8 Å². The molecule has 0 spiro atoms. The van der Waals surface area contributed by atoms with Crippen molar-refractivity contribution in [1.82, 2.24) is 15.3 Å². The van der Waals surface area contributed by atoms with Crippen LogP contribution in [-0.4, -0.2) is 36.8 Å². The molecule has 2 heterocycles. The number of methoxy groups -OCH3 is 1. The zero-order chi connectivity index (χ0) is 12.8. The molecule has 5 nitrogen and oxygen atoms in total. The van der Waals surface area contributed by atoms with Crippen LogP contribution in [0.1, 0.15) is 31.5 Å². The maximum atomic E-state index is 5.43. The first kappa shape index (κ1) is 13.2. The third kappa shape index (κ3) is 2.97. The molecule has 2 rings (SSSR count). The molecular weight excluding hydrogens is 230 g/mol. The summed E-state index contributed by atoms with van der Waals surface area (Å²) in [5.74, 6) is 1.15. The van der Waals surface area contributed by atoms with Crippen LogP contribution in [-0.2, 0) is 4.74 Å². The summed E-state index contributed by atoms with van der Waals surface area (Å²) in [5, 5.41) is 3.51. The van der Waals surface area contributed by atoms with Crippen molar-refractivity contribution in [1.29, 1.82) is 0 Å². The van der Waals surface area contributed by atoms with E-state index in [4.69, 9.17) is 9.47 Å². The van der Waals surface area contributed by atoms with Gasteiger partial charge in [0.05, 0.1) is 13.2 Å². The summed E-state index contributed by atoms with van der Waals surface area (Å²) in [6.07, 6.45) is 5.49. The van der Waals surface area contributed by atoms with Crippen LogP contribution in [0.25, 0.3) is 0 Å². The first-order valence-electron chi connectivity index (χ1n) is 6.52. The summed E-state index contributed by atoms with van der Waals surface area (Å²) in [6, 6.07) is 0.197. The van der Waals surface area contributed by atoms with Crippen LogP contribution in [0.2, 0.25) is 0 Å². The van der Waals surface area contributed by atoms with Crippen LogP contribution in [0.15, 0.2) is 12.4 Å². The second-order valence-corrected chi connectivity index (χ2v) is 4.44. The van der Waals surface area contributed by atoms with Gasteiger partial charge in [-0.05, 0) is 25.3 Å². The van der Waals surface area contributed by atoms with Crippen molar-refractivity contribution >= 4 is 0 Å². The summed E-state index contributed by atoms with van der Waals surface area (Å²) in [6.45, 7) is 4.67. The van der Waals surface area contributed by atoms with Gasteiger partial charge in [0.2, 0.25) is 5.88 Å². The van der Waals surface area contributed by atoms with Crippen LogP contribution >= 0.6 is 0 Å². The van der Waals surface area contributed by atoms with Crippen molar-refractivity contribution in [2.24, 2.45) is 5.92 Å². The number of nitrogens with one attached hydrogen (secondary N) is 1. The van der Waals surface area contributed by atoms with E-state index in [-0.39, 0.29) is 6.04 Å². The van der Waals surface area contributed by atoms with Crippen LogP contribution in [0.5, 0.6) is 5.88 Å². The second kappa shape index (κ2) is 6.66. The van der Waals surface area contributed by atoms with Crippen molar-refractivity contribution in [3.8, 4) is 5.88 Å². The van der Waals surface area contributed by atoms with Crippen molar-refractivity contribution < 1.29 is 9.47 Å².